The first kappa shape index (κ1) is 21.7. The Labute approximate surface area is 204 Å². The van der Waals surface area contributed by atoms with Gasteiger partial charge in [0.25, 0.3) is 0 Å². The number of aromatic amines is 1. The third kappa shape index (κ3) is 3.65. The Morgan fingerprint density at radius 3 is 2.86 bits per heavy atom. The van der Waals surface area contributed by atoms with Crippen LogP contribution in [0.15, 0.2) is 65.9 Å². The highest BCUT2D eigenvalue weighted by Gasteiger charge is 2.43. The first-order valence-electron chi connectivity index (χ1n) is 11.3. The van der Waals surface area contributed by atoms with Gasteiger partial charge in [-0.05, 0) is 60.7 Å². The molecule has 0 spiro atoms. The van der Waals surface area contributed by atoms with E-state index in [4.69, 9.17) is 16.6 Å². The number of rotatable bonds is 3. The van der Waals surface area contributed by atoms with Crippen molar-refractivity contribution in [3.05, 3.63) is 94.3 Å². The zero-order valence-corrected chi connectivity index (χ0v) is 19.2. The first-order chi connectivity index (χ1) is 17.0. The number of amides is 2. The molecule has 2 N–H and O–H groups in total. The molecule has 0 bridgehead atoms. The number of aromatic nitrogens is 2. The summed E-state index contributed by atoms with van der Waals surface area (Å²) in [5.74, 6) is -1.54. The number of nitrogens with one attached hydrogen (secondary N) is 2. The Morgan fingerprint density at radius 2 is 1.97 bits per heavy atom. The maximum absolute atomic E-state index is 15.3. The van der Waals surface area contributed by atoms with Crippen molar-refractivity contribution in [3.8, 4) is 0 Å². The molecule has 2 atom stereocenters. The zero-order valence-electron chi connectivity index (χ0n) is 18.4. The van der Waals surface area contributed by atoms with Crippen LogP contribution >= 0.6 is 11.6 Å². The number of halogens is 3. The molecular weight excluding hydrogens is 472 g/mol. The molecule has 35 heavy (non-hydrogen) atoms. The molecule has 0 radical (unpaired) electrons. The molecule has 6 nitrogen and oxygen atoms in total. The van der Waals surface area contributed by atoms with E-state index in [1.165, 1.54) is 10.5 Å². The number of H-pyrrole nitrogens is 1. The Morgan fingerprint density at radius 1 is 1.11 bits per heavy atom. The number of nitrogens with zero attached hydrogens (tertiary/aromatic N) is 3. The predicted octanol–water partition coefficient (Wildman–Crippen LogP) is 6.24. The molecule has 176 valence electrons. The highest BCUT2D eigenvalue weighted by Crippen LogP contribution is 2.40. The molecule has 2 amide bonds. The van der Waals surface area contributed by atoms with Crippen molar-refractivity contribution in [2.24, 2.45) is 4.99 Å². The van der Waals surface area contributed by atoms with E-state index in [2.05, 4.69) is 21.4 Å². The highest BCUT2D eigenvalue weighted by molar-refractivity contribution is 6.31. The molecule has 2 unspecified atom stereocenters. The fourth-order valence-electron chi connectivity index (χ4n) is 5.01. The van der Waals surface area contributed by atoms with E-state index >= 15 is 8.78 Å². The van der Waals surface area contributed by atoms with Crippen LogP contribution in [0.4, 0.5) is 19.3 Å². The van der Waals surface area contributed by atoms with Crippen LogP contribution in [0.25, 0.3) is 11.0 Å². The second kappa shape index (κ2) is 8.46. The fraction of sp³-hybridized carbons (Fsp3) is 0.192. The van der Waals surface area contributed by atoms with Gasteiger partial charge in [0.15, 0.2) is 0 Å². The SMILES string of the molecule is O=C1NC(=NC2CCCc3ccccc32)C(c2c(F)ccc(Cl)c2F)N1c1ccc2nc[nH]c2c1. The average molecular weight is 492 g/mol. The highest BCUT2D eigenvalue weighted by atomic mass is 35.5. The van der Waals surface area contributed by atoms with Crippen molar-refractivity contribution < 1.29 is 13.6 Å². The van der Waals surface area contributed by atoms with Crippen LogP contribution in [0, 0.1) is 11.6 Å². The summed E-state index contributed by atoms with van der Waals surface area (Å²) in [5, 5.41) is 2.55. The zero-order chi connectivity index (χ0) is 24.1. The van der Waals surface area contributed by atoms with Crippen LogP contribution in [0.2, 0.25) is 5.02 Å². The van der Waals surface area contributed by atoms with Gasteiger partial charge < -0.3 is 4.98 Å². The van der Waals surface area contributed by atoms with Gasteiger partial charge in [-0.1, -0.05) is 35.9 Å². The van der Waals surface area contributed by atoms with Crippen LogP contribution in [0.1, 0.15) is 41.6 Å². The number of anilines is 1. The number of aliphatic imine (C=N–C) groups is 1. The number of hydrogen-bond acceptors (Lipinski definition) is 3. The van der Waals surface area contributed by atoms with E-state index < -0.39 is 23.7 Å². The number of imidazole rings is 1. The minimum Gasteiger partial charge on any atom is -0.345 e. The minimum atomic E-state index is -1.16. The molecule has 1 aliphatic heterocycles. The molecule has 1 saturated heterocycles. The molecule has 0 saturated carbocycles. The lowest BCUT2D eigenvalue weighted by Gasteiger charge is -2.26. The summed E-state index contributed by atoms with van der Waals surface area (Å²) in [6, 6.07) is 13.5. The molecule has 2 heterocycles. The maximum atomic E-state index is 15.3. The lowest BCUT2D eigenvalue weighted by Crippen LogP contribution is -2.30. The lowest BCUT2D eigenvalue weighted by molar-refractivity contribution is 0.252. The van der Waals surface area contributed by atoms with E-state index in [0.717, 1.165) is 37.0 Å². The van der Waals surface area contributed by atoms with Crippen molar-refractivity contribution in [2.75, 3.05) is 4.90 Å². The molecule has 2 aliphatic rings. The van der Waals surface area contributed by atoms with Crippen molar-refractivity contribution in [2.45, 2.75) is 31.3 Å². The van der Waals surface area contributed by atoms with Crippen molar-refractivity contribution in [3.63, 3.8) is 0 Å². The number of aryl methyl sites for hydroxylation is 1. The molecule has 3 aromatic carbocycles. The smallest absolute Gasteiger partial charge is 0.328 e. The van der Waals surface area contributed by atoms with Gasteiger partial charge in [-0.25, -0.2) is 18.6 Å². The van der Waals surface area contributed by atoms with Crippen LogP contribution < -0.4 is 10.2 Å². The summed E-state index contributed by atoms with van der Waals surface area (Å²) in [4.78, 5) is 26.7. The summed E-state index contributed by atoms with van der Waals surface area (Å²) in [6.07, 6.45) is 4.18. The molecule has 4 aromatic rings. The van der Waals surface area contributed by atoms with Gasteiger partial charge >= 0.3 is 6.03 Å². The van der Waals surface area contributed by atoms with E-state index in [-0.39, 0.29) is 22.5 Å². The minimum absolute atomic E-state index is 0.182. The Hall–Kier alpha value is -3.78. The molecule has 1 fully saturated rings. The fourth-order valence-corrected chi connectivity index (χ4v) is 5.17. The molecule has 6 rings (SSSR count). The maximum Gasteiger partial charge on any atom is 0.328 e. The number of amidine groups is 1. The second-order valence-electron chi connectivity index (χ2n) is 8.68. The topological polar surface area (TPSA) is 73.4 Å². The normalized spacial score (nSPS) is 20.9. The van der Waals surface area contributed by atoms with E-state index in [1.807, 2.05) is 18.2 Å². The van der Waals surface area contributed by atoms with Gasteiger partial charge in [0, 0.05) is 5.69 Å². The van der Waals surface area contributed by atoms with Crippen LogP contribution in [-0.2, 0) is 6.42 Å². The third-order valence-electron chi connectivity index (χ3n) is 6.64. The summed E-state index contributed by atoms with van der Waals surface area (Å²) in [5.41, 5.74) is 3.75. The lowest BCUT2D eigenvalue weighted by atomic mass is 9.88. The number of fused-ring (bicyclic) bond motifs is 2. The van der Waals surface area contributed by atoms with Gasteiger partial charge in [0.2, 0.25) is 0 Å². The van der Waals surface area contributed by atoms with Crippen LogP contribution in [0.5, 0.6) is 0 Å². The largest absolute Gasteiger partial charge is 0.345 e. The third-order valence-corrected chi connectivity index (χ3v) is 6.93. The number of urea groups is 1. The Bertz CT molecular complexity index is 1500. The summed E-state index contributed by atoms with van der Waals surface area (Å²) < 4.78 is 30.5. The van der Waals surface area contributed by atoms with E-state index in [9.17, 15) is 4.79 Å². The van der Waals surface area contributed by atoms with Crippen molar-refractivity contribution >= 4 is 40.2 Å². The molecular formula is C26H20ClF2N5O. The van der Waals surface area contributed by atoms with Crippen molar-refractivity contribution in [1.29, 1.82) is 0 Å². The van der Waals surface area contributed by atoms with Crippen LogP contribution in [-0.4, -0.2) is 21.8 Å². The van der Waals surface area contributed by atoms with Gasteiger partial charge in [-0.3, -0.25) is 15.2 Å². The second-order valence-corrected chi connectivity index (χ2v) is 9.09. The van der Waals surface area contributed by atoms with Gasteiger partial charge in [-0.2, -0.15) is 0 Å². The van der Waals surface area contributed by atoms with Gasteiger partial charge in [-0.15, -0.1) is 0 Å². The Balaban J connectivity index is 1.52. The number of hydrogen-bond donors (Lipinski definition) is 2. The Kier molecular flexibility index (Phi) is 5.25. The van der Waals surface area contributed by atoms with Gasteiger partial charge in [0.05, 0.1) is 34.0 Å². The van der Waals surface area contributed by atoms with Crippen molar-refractivity contribution in [1.82, 2.24) is 15.3 Å². The average Bonchev–Trinajstić information content (AvgIpc) is 3.45. The molecule has 9 heteroatoms. The molecule has 1 aliphatic carbocycles. The number of carbonyl (C=O) groups is 1. The first-order valence-corrected chi connectivity index (χ1v) is 11.7. The standard InChI is InChI=1S/C26H20ClF2N5O/c27-17-9-10-18(28)22(23(17)29)24-25(32-19-7-3-5-14-4-1-2-6-16(14)19)33-26(35)34(24)15-8-11-20-21(12-15)31-13-30-20/h1-2,4,6,8-13,19,24H,3,5,7H2,(H,30,31)(H,32,33,35). The predicted molar refractivity (Wildman–Crippen MR) is 131 cm³/mol. The number of carbonyl (C=O) groups excluding carboxylic acids is 1. The van der Waals surface area contributed by atoms with Crippen LogP contribution in [0.3, 0.4) is 0 Å². The monoisotopic (exact) mass is 491 g/mol. The summed E-state index contributed by atoms with van der Waals surface area (Å²) >= 11 is 6.05. The number of benzene rings is 3. The molecule has 1 aromatic heterocycles. The van der Waals surface area contributed by atoms with E-state index in [0.29, 0.717) is 16.7 Å². The quantitative estimate of drug-likeness (QED) is 0.333. The van der Waals surface area contributed by atoms with E-state index in [1.54, 1.807) is 24.5 Å². The summed E-state index contributed by atoms with van der Waals surface area (Å²) in [6.45, 7) is 0. The van der Waals surface area contributed by atoms with Gasteiger partial charge in [0.1, 0.15) is 23.5 Å². The summed E-state index contributed by atoms with van der Waals surface area (Å²) in [7, 11) is 0.